The average Bonchev–Trinajstić information content (AvgIpc) is 2.89. The lowest BCUT2D eigenvalue weighted by atomic mass is 9.82. The summed E-state index contributed by atoms with van der Waals surface area (Å²) in [4.78, 5) is 0. The first-order chi connectivity index (χ1) is 10.9. The number of hydrogen-bond acceptors (Lipinski definition) is 3. The average molecular weight is 314 g/mol. The topological polar surface area (TPSA) is 47.3 Å². The highest BCUT2D eigenvalue weighted by Gasteiger charge is 2.33. The molecular formula is C19H26N2O2. The molecule has 1 unspecified atom stereocenters. The van der Waals surface area contributed by atoms with Crippen LogP contribution in [-0.2, 0) is 24.3 Å². The van der Waals surface area contributed by atoms with Crippen LogP contribution in [0.3, 0.4) is 0 Å². The van der Waals surface area contributed by atoms with Crippen molar-refractivity contribution in [2.45, 2.75) is 53.4 Å². The van der Waals surface area contributed by atoms with E-state index in [-0.39, 0.29) is 5.41 Å². The Kier molecular flexibility index (Phi) is 4.30. The minimum atomic E-state index is -0.565. The first-order valence-electron chi connectivity index (χ1n) is 8.37. The number of rotatable bonds is 4. The molecule has 124 valence electrons. The van der Waals surface area contributed by atoms with Crippen LogP contribution in [0, 0.1) is 5.41 Å². The minimum Gasteiger partial charge on any atom is -0.386 e. The maximum atomic E-state index is 10.9. The summed E-state index contributed by atoms with van der Waals surface area (Å²) in [6.07, 6.45) is 1.35. The normalized spacial score (nSPS) is 15.2. The Bertz CT molecular complexity index is 698. The molecule has 1 atom stereocenters. The van der Waals surface area contributed by atoms with Gasteiger partial charge in [0, 0.05) is 17.7 Å². The van der Waals surface area contributed by atoms with E-state index >= 15 is 0 Å². The Balaban J connectivity index is 2.14. The second kappa shape index (κ2) is 6.10. The molecule has 1 aromatic heterocycles. The summed E-state index contributed by atoms with van der Waals surface area (Å²) >= 11 is 0. The van der Waals surface area contributed by atoms with Gasteiger partial charge >= 0.3 is 0 Å². The molecule has 0 fully saturated rings. The Morgan fingerprint density at radius 2 is 2.00 bits per heavy atom. The fraction of sp³-hybridized carbons (Fsp3) is 0.526. The zero-order valence-corrected chi connectivity index (χ0v) is 14.5. The highest BCUT2D eigenvalue weighted by molar-refractivity contribution is 5.70. The molecule has 0 amide bonds. The van der Waals surface area contributed by atoms with E-state index in [1.165, 1.54) is 16.7 Å². The number of fused-ring (bicyclic) bond motifs is 3. The zero-order chi connectivity index (χ0) is 16.6. The van der Waals surface area contributed by atoms with Crippen LogP contribution in [0.4, 0.5) is 0 Å². The summed E-state index contributed by atoms with van der Waals surface area (Å²) in [5, 5.41) is 15.7. The summed E-state index contributed by atoms with van der Waals surface area (Å²) in [6, 6.07) is 8.42. The molecule has 23 heavy (non-hydrogen) atoms. The summed E-state index contributed by atoms with van der Waals surface area (Å²) in [5.41, 5.74) is 5.37. The van der Waals surface area contributed by atoms with Crippen molar-refractivity contribution in [3.8, 4) is 11.3 Å². The van der Waals surface area contributed by atoms with Crippen molar-refractivity contribution in [1.82, 2.24) is 9.78 Å². The highest BCUT2D eigenvalue weighted by Crippen LogP contribution is 2.41. The number of aliphatic hydroxyl groups is 1. The van der Waals surface area contributed by atoms with Crippen molar-refractivity contribution >= 4 is 0 Å². The smallest absolute Gasteiger partial charge is 0.139 e. The van der Waals surface area contributed by atoms with Crippen LogP contribution in [0.5, 0.6) is 0 Å². The van der Waals surface area contributed by atoms with Crippen LogP contribution in [0.15, 0.2) is 24.3 Å². The summed E-state index contributed by atoms with van der Waals surface area (Å²) < 4.78 is 7.43. The molecule has 1 heterocycles. The van der Waals surface area contributed by atoms with Gasteiger partial charge in [-0.15, -0.1) is 0 Å². The Labute approximate surface area is 138 Å². The Morgan fingerprint density at radius 3 is 2.70 bits per heavy atom. The Morgan fingerprint density at radius 1 is 1.26 bits per heavy atom. The number of benzene rings is 1. The molecule has 1 aromatic carbocycles. The lowest BCUT2D eigenvalue weighted by Crippen LogP contribution is -2.23. The van der Waals surface area contributed by atoms with Crippen molar-refractivity contribution < 1.29 is 9.84 Å². The third-order valence-corrected chi connectivity index (χ3v) is 4.51. The molecule has 1 aliphatic rings. The third kappa shape index (κ3) is 2.93. The van der Waals surface area contributed by atoms with Gasteiger partial charge in [-0.2, -0.15) is 5.10 Å². The van der Waals surface area contributed by atoms with Gasteiger partial charge in [0.05, 0.1) is 11.4 Å². The quantitative estimate of drug-likeness (QED) is 0.935. The Hall–Kier alpha value is -1.65. The second-order valence-corrected chi connectivity index (χ2v) is 7.26. The van der Waals surface area contributed by atoms with E-state index in [0.717, 1.165) is 24.2 Å². The van der Waals surface area contributed by atoms with Crippen molar-refractivity contribution in [2.24, 2.45) is 5.41 Å². The summed E-state index contributed by atoms with van der Waals surface area (Å²) in [6.45, 7) is 9.15. The molecule has 0 radical (unpaired) electrons. The van der Waals surface area contributed by atoms with Gasteiger partial charge in [0.2, 0.25) is 0 Å². The predicted octanol–water partition coefficient (Wildman–Crippen LogP) is 3.72. The SMILES string of the molecule is CCOCn1nc2c(c1C(O)C(C)(C)C)CCc1ccccc1-2. The van der Waals surface area contributed by atoms with Gasteiger partial charge in [0.25, 0.3) is 0 Å². The first-order valence-corrected chi connectivity index (χ1v) is 8.37. The molecule has 3 rings (SSSR count). The number of ether oxygens (including phenoxy) is 1. The van der Waals surface area contributed by atoms with Gasteiger partial charge in [-0.3, -0.25) is 0 Å². The number of aliphatic hydroxyl groups excluding tert-OH is 1. The van der Waals surface area contributed by atoms with E-state index < -0.39 is 6.10 Å². The summed E-state index contributed by atoms with van der Waals surface area (Å²) in [7, 11) is 0. The maximum Gasteiger partial charge on any atom is 0.139 e. The van der Waals surface area contributed by atoms with Crippen molar-refractivity contribution in [3.63, 3.8) is 0 Å². The van der Waals surface area contributed by atoms with E-state index in [4.69, 9.17) is 9.84 Å². The first kappa shape index (κ1) is 16.2. The zero-order valence-electron chi connectivity index (χ0n) is 14.5. The highest BCUT2D eigenvalue weighted by atomic mass is 16.5. The van der Waals surface area contributed by atoms with Gasteiger partial charge < -0.3 is 9.84 Å². The second-order valence-electron chi connectivity index (χ2n) is 7.26. The molecule has 0 aliphatic heterocycles. The van der Waals surface area contributed by atoms with E-state index in [2.05, 4.69) is 45.0 Å². The van der Waals surface area contributed by atoms with Gasteiger partial charge in [-0.1, -0.05) is 45.0 Å². The molecule has 4 nitrogen and oxygen atoms in total. The number of aromatic nitrogens is 2. The predicted molar refractivity (Wildman–Crippen MR) is 91.1 cm³/mol. The van der Waals surface area contributed by atoms with Crippen LogP contribution < -0.4 is 0 Å². The van der Waals surface area contributed by atoms with Crippen molar-refractivity contribution in [1.29, 1.82) is 0 Å². The van der Waals surface area contributed by atoms with E-state index in [1.54, 1.807) is 0 Å². The number of nitrogens with zero attached hydrogens (tertiary/aromatic N) is 2. The monoisotopic (exact) mass is 314 g/mol. The molecule has 0 bridgehead atoms. The third-order valence-electron chi connectivity index (χ3n) is 4.51. The van der Waals surface area contributed by atoms with Crippen LogP contribution in [0.25, 0.3) is 11.3 Å². The lowest BCUT2D eigenvalue weighted by Gasteiger charge is -2.28. The van der Waals surface area contributed by atoms with Gasteiger partial charge in [-0.25, -0.2) is 4.68 Å². The lowest BCUT2D eigenvalue weighted by molar-refractivity contribution is 0.0334. The maximum absolute atomic E-state index is 10.9. The molecule has 1 N–H and O–H groups in total. The van der Waals surface area contributed by atoms with Gasteiger partial charge in [-0.05, 0) is 30.7 Å². The molecule has 2 aromatic rings. The fourth-order valence-corrected chi connectivity index (χ4v) is 3.20. The van der Waals surface area contributed by atoms with Crippen molar-refractivity contribution in [2.75, 3.05) is 6.61 Å². The van der Waals surface area contributed by atoms with E-state index in [0.29, 0.717) is 13.3 Å². The molecule has 0 saturated carbocycles. The molecule has 4 heteroatoms. The van der Waals surface area contributed by atoms with Crippen LogP contribution in [0.2, 0.25) is 0 Å². The molecule has 0 spiro atoms. The minimum absolute atomic E-state index is 0.241. The van der Waals surface area contributed by atoms with Crippen molar-refractivity contribution in [3.05, 3.63) is 41.1 Å². The van der Waals surface area contributed by atoms with Crippen LogP contribution in [0.1, 0.15) is 50.6 Å². The van der Waals surface area contributed by atoms with Crippen LogP contribution >= 0.6 is 0 Å². The molecule has 0 saturated heterocycles. The van der Waals surface area contributed by atoms with Gasteiger partial charge in [0.1, 0.15) is 12.8 Å². The standard InChI is InChI=1S/C19H26N2O2/c1-5-23-12-21-17(18(22)19(2,3)4)15-11-10-13-8-6-7-9-14(13)16(15)20-21/h6-9,18,22H,5,10-12H2,1-4H3. The van der Waals surface area contributed by atoms with E-state index in [1.807, 2.05) is 11.6 Å². The van der Waals surface area contributed by atoms with Crippen LogP contribution in [-0.4, -0.2) is 21.5 Å². The molecular weight excluding hydrogens is 288 g/mol. The summed E-state index contributed by atoms with van der Waals surface area (Å²) in [5.74, 6) is 0. The largest absolute Gasteiger partial charge is 0.386 e. The number of aryl methyl sites for hydroxylation is 1. The van der Waals surface area contributed by atoms with Gasteiger partial charge in [0.15, 0.2) is 0 Å². The fourth-order valence-electron chi connectivity index (χ4n) is 3.20. The van der Waals surface area contributed by atoms with E-state index in [9.17, 15) is 5.11 Å². The number of hydrogen-bond donors (Lipinski definition) is 1. The molecule has 1 aliphatic carbocycles.